The maximum absolute atomic E-state index is 12.3. The summed E-state index contributed by atoms with van der Waals surface area (Å²) in [5.41, 5.74) is 15.2. The van der Waals surface area contributed by atoms with Crippen LogP contribution in [0.1, 0.15) is 15.9 Å². The fourth-order valence-corrected chi connectivity index (χ4v) is 3.29. The molecule has 196 valence electrons. The van der Waals surface area contributed by atoms with Crippen molar-refractivity contribution < 1.29 is 14.4 Å². The number of carbonyl (C=O) groups is 3. The predicted molar refractivity (Wildman–Crippen MR) is 150 cm³/mol. The van der Waals surface area contributed by atoms with E-state index >= 15 is 0 Å². The summed E-state index contributed by atoms with van der Waals surface area (Å²) < 4.78 is 0. The lowest BCUT2D eigenvalue weighted by molar-refractivity contribution is -0.111. The van der Waals surface area contributed by atoms with E-state index in [4.69, 9.17) is 11.5 Å². The van der Waals surface area contributed by atoms with Gasteiger partial charge in [-0.15, -0.1) is 0 Å². The molecule has 0 saturated carbocycles. The zero-order chi connectivity index (χ0) is 28.4. The van der Waals surface area contributed by atoms with Crippen LogP contribution in [0.25, 0.3) is 11.1 Å². The lowest BCUT2D eigenvalue weighted by atomic mass is 10.0. The molecule has 4 amide bonds. The van der Waals surface area contributed by atoms with Crippen LogP contribution in [0.5, 0.6) is 0 Å². The molecule has 3 aromatic carbocycles. The van der Waals surface area contributed by atoms with Crippen LogP contribution in [0.15, 0.2) is 89.4 Å². The second-order valence-electron chi connectivity index (χ2n) is 7.85. The van der Waals surface area contributed by atoms with E-state index < -0.39 is 11.9 Å². The number of guanidine groups is 2. The Bertz CT molecular complexity index is 1500. The van der Waals surface area contributed by atoms with E-state index in [1.807, 2.05) is 0 Å². The number of nitrogens with zero attached hydrogens (tertiary/aromatic N) is 3. The van der Waals surface area contributed by atoms with Gasteiger partial charge in [-0.25, -0.2) is 9.79 Å². The van der Waals surface area contributed by atoms with Crippen molar-refractivity contribution in [3.8, 4) is 17.2 Å². The Morgan fingerprint density at radius 2 is 1.62 bits per heavy atom. The molecule has 0 aliphatic heterocycles. The molecular weight excluding hydrogens is 498 g/mol. The Labute approximate surface area is 224 Å². The lowest BCUT2D eigenvalue weighted by Crippen LogP contribution is -2.40. The number of nitrogens with one attached hydrogen (secondary N) is 4. The molecule has 3 aromatic rings. The highest BCUT2D eigenvalue weighted by Crippen LogP contribution is 2.26. The molecule has 39 heavy (non-hydrogen) atoms. The third kappa shape index (κ3) is 8.02. The number of anilines is 2. The molecule has 8 N–H and O–H groups in total. The van der Waals surface area contributed by atoms with E-state index in [1.165, 1.54) is 7.05 Å². The summed E-state index contributed by atoms with van der Waals surface area (Å²) in [6, 6.07) is 19.5. The van der Waals surface area contributed by atoms with Crippen molar-refractivity contribution in [2.24, 2.45) is 21.5 Å². The Hall–Kier alpha value is -5.96. The van der Waals surface area contributed by atoms with Gasteiger partial charge in [-0.1, -0.05) is 18.7 Å². The number of hydrogen-bond donors (Lipinski definition) is 6. The van der Waals surface area contributed by atoms with Crippen molar-refractivity contribution in [3.05, 3.63) is 90.5 Å². The number of nitrogens with two attached hydrogens (primary N) is 2. The van der Waals surface area contributed by atoms with Gasteiger partial charge in [0.1, 0.15) is 0 Å². The quantitative estimate of drug-likeness (QED) is 0.163. The Morgan fingerprint density at radius 3 is 2.23 bits per heavy atom. The summed E-state index contributed by atoms with van der Waals surface area (Å²) in [6.07, 6.45) is 1.14. The minimum Gasteiger partial charge on any atom is -0.369 e. The first-order valence-corrected chi connectivity index (χ1v) is 11.4. The van der Waals surface area contributed by atoms with Gasteiger partial charge in [0.2, 0.25) is 17.8 Å². The first-order valence-electron chi connectivity index (χ1n) is 11.4. The van der Waals surface area contributed by atoms with Gasteiger partial charge < -0.3 is 27.4 Å². The molecule has 3 rings (SSSR count). The van der Waals surface area contributed by atoms with Gasteiger partial charge in [0, 0.05) is 24.0 Å². The Balaban J connectivity index is 1.63. The number of nitriles is 1. The number of hydrogen-bond acceptors (Lipinski definition) is 5. The normalized spacial score (nSPS) is 11.1. The van der Waals surface area contributed by atoms with Crippen molar-refractivity contribution in [1.29, 1.82) is 5.26 Å². The summed E-state index contributed by atoms with van der Waals surface area (Å²) in [5, 5.41) is 19.4. The van der Waals surface area contributed by atoms with Crippen LogP contribution < -0.4 is 32.7 Å². The molecule has 0 unspecified atom stereocenters. The number of rotatable bonds is 6. The van der Waals surface area contributed by atoms with E-state index in [9.17, 15) is 19.6 Å². The highest BCUT2D eigenvalue weighted by atomic mass is 16.2. The van der Waals surface area contributed by atoms with Crippen molar-refractivity contribution in [2.75, 3.05) is 17.7 Å². The molecule has 0 aliphatic carbocycles. The number of urea groups is 1. The molecule has 0 heterocycles. The summed E-state index contributed by atoms with van der Waals surface area (Å²) in [4.78, 5) is 43.5. The van der Waals surface area contributed by atoms with Crippen molar-refractivity contribution in [2.45, 2.75) is 0 Å². The molecule has 12 nitrogen and oxygen atoms in total. The van der Waals surface area contributed by atoms with E-state index in [2.05, 4.69) is 43.9 Å². The van der Waals surface area contributed by atoms with Gasteiger partial charge in [-0.3, -0.25) is 14.9 Å². The number of benzene rings is 3. The second-order valence-corrected chi connectivity index (χ2v) is 7.85. The number of carbonyl (C=O) groups excluding carboxylic acids is 3. The molecule has 0 aromatic heterocycles. The Kier molecular flexibility index (Phi) is 9.09. The summed E-state index contributed by atoms with van der Waals surface area (Å²) in [7, 11) is 1.53. The first-order chi connectivity index (χ1) is 18.7. The largest absolute Gasteiger partial charge is 0.369 e. The monoisotopic (exact) mass is 523 g/mol. The van der Waals surface area contributed by atoms with E-state index in [1.54, 1.807) is 66.7 Å². The topological polar surface area (TPSA) is 200 Å². The van der Waals surface area contributed by atoms with E-state index in [0.29, 0.717) is 33.8 Å². The summed E-state index contributed by atoms with van der Waals surface area (Å²) in [6.45, 7) is 3.42. The smallest absolute Gasteiger partial charge is 0.325 e. The zero-order valence-electron chi connectivity index (χ0n) is 20.9. The predicted octanol–water partition coefficient (Wildman–Crippen LogP) is 2.79. The molecule has 12 heteroatoms. The second kappa shape index (κ2) is 12.8. The van der Waals surface area contributed by atoms with Crippen LogP contribution in [-0.2, 0) is 4.79 Å². The van der Waals surface area contributed by atoms with Gasteiger partial charge in [-0.05, 0) is 71.8 Å². The third-order valence-corrected chi connectivity index (χ3v) is 5.07. The lowest BCUT2D eigenvalue weighted by Gasteiger charge is -2.10. The van der Waals surface area contributed by atoms with E-state index in [0.717, 1.165) is 11.6 Å². The third-order valence-electron chi connectivity index (χ3n) is 5.07. The highest BCUT2D eigenvalue weighted by molar-refractivity contribution is 6.05. The van der Waals surface area contributed by atoms with Gasteiger partial charge in [0.25, 0.3) is 5.91 Å². The van der Waals surface area contributed by atoms with Crippen LogP contribution in [0.2, 0.25) is 0 Å². The number of aliphatic imine (C=N–C) groups is 2. The van der Waals surface area contributed by atoms with Crippen LogP contribution in [0.3, 0.4) is 0 Å². The standard InChI is InChI=1S/C27H25N9O3/c1-3-23(37)32-22-13-16(15-28)12-19(14-22)17-4-8-21(9-5-17)34-27(39)36-26(30)35-25(29)33-20-10-6-18(7-11-20)24(38)31-2/h3-14H,1H2,2H3,(H,31,38)(H,32,37)(H6,29,30,33,34,35,36,39). The molecule has 0 bridgehead atoms. The van der Waals surface area contributed by atoms with Gasteiger partial charge >= 0.3 is 6.03 Å². The van der Waals surface area contributed by atoms with Crippen LogP contribution in [-0.4, -0.2) is 36.8 Å². The molecule has 0 spiro atoms. The van der Waals surface area contributed by atoms with Gasteiger partial charge in [0.15, 0.2) is 0 Å². The SMILES string of the molecule is C=CC(=O)Nc1cc(C#N)cc(-c2ccc(NC(=O)N/C(N)=N\C(N)=Nc3ccc(C(=O)NC)cc3)cc2)c1. The van der Waals surface area contributed by atoms with Gasteiger partial charge in [0.05, 0.1) is 17.3 Å². The fourth-order valence-electron chi connectivity index (χ4n) is 3.29. The Morgan fingerprint density at radius 1 is 0.923 bits per heavy atom. The molecule has 0 radical (unpaired) electrons. The molecule has 0 saturated heterocycles. The minimum absolute atomic E-state index is 0.201. The maximum Gasteiger partial charge on any atom is 0.325 e. The zero-order valence-corrected chi connectivity index (χ0v) is 20.9. The van der Waals surface area contributed by atoms with Crippen molar-refractivity contribution in [1.82, 2.24) is 10.6 Å². The average Bonchev–Trinajstić information content (AvgIpc) is 2.92. The van der Waals surface area contributed by atoms with Crippen LogP contribution in [0, 0.1) is 11.3 Å². The average molecular weight is 524 g/mol. The number of amides is 4. The first kappa shape index (κ1) is 27.6. The molecule has 0 atom stereocenters. The maximum atomic E-state index is 12.3. The van der Waals surface area contributed by atoms with Crippen molar-refractivity contribution >= 4 is 46.8 Å². The van der Waals surface area contributed by atoms with Gasteiger partial charge in [-0.2, -0.15) is 10.3 Å². The van der Waals surface area contributed by atoms with E-state index in [-0.39, 0.29) is 17.8 Å². The summed E-state index contributed by atoms with van der Waals surface area (Å²) >= 11 is 0. The fraction of sp³-hybridized carbons (Fsp3) is 0.0370. The van der Waals surface area contributed by atoms with Crippen molar-refractivity contribution in [3.63, 3.8) is 0 Å². The van der Waals surface area contributed by atoms with Crippen LogP contribution >= 0.6 is 0 Å². The highest BCUT2D eigenvalue weighted by Gasteiger charge is 2.08. The summed E-state index contributed by atoms with van der Waals surface area (Å²) in [5.74, 6) is -1.11. The molecular formula is C27H25N9O3. The van der Waals surface area contributed by atoms with Crippen LogP contribution in [0.4, 0.5) is 21.9 Å². The minimum atomic E-state index is -0.660. The molecule has 0 fully saturated rings. The molecule has 0 aliphatic rings.